The highest BCUT2D eigenvalue weighted by molar-refractivity contribution is 6.33. The Labute approximate surface area is 163 Å². The van der Waals surface area contributed by atoms with Crippen molar-refractivity contribution in [3.63, 3.8) is 0 Å². The zero-order chi connectivity index (χ0) is 20.5. The maximum absolute atomic E-state index is 13.2. The van der Waals surface area contributed by atoms with Gasteiger partial charge in [0.2, 0.25) is 11.5 Å². The Morgan fingerprint density at radius 3 is 2.21 bits per heavy atom. The number of hydrogen-bond acceptors (Lipinski definition) is 6. The highest BCUT2D eigenvalue weighted by Crippen LogP contribution is 2.44. The van der Waals surface area contributed by atoms with Crippen LogP contribution in [0.2, 0.25) is 0 Å². The summed E-state index contributed by atoms with van der Waals surface area (Å²) in [5.41, 5.74) is -0.0636. The van der Waals surface area contributed by atoms with E-state index in [1.54, 1.807) is 36.4 Å². The first kappa shape index (κ1) is 19.5. The Morgan fingerprint density at radius 2 is 1.68 bits per heavy atom. The van der Waals surface area contributed by atoms with E-state index in [-0.39, 0.29) is 11.3 Å². The molecule has 1 aliphatic heterocycles. The molecule has 6 heteroatoms. The van der Waals surface area contributed by atoms with E-state index < -0.39 is 29.7 Å². The summed E-state index contributed by atoms with van der Waals surface area (Å²) in [4.78, 5) is 38.9. The second-order valence-corrected chi connectivity index (χ2v) is 6.72. The number of hydrogen-bond donors (Lipinski definition) is 1. The van der Waals surface area contributed by atoms with Crippen molar-refractivity contribution < 1.29 is 24.2 Å². The summed E-state index contributed by atoms with van der Waals surface area (Å²) >= 11 is 0. The summed E-state index contributed by atoms with van der Waals surface area (Å²) in [7, 11) is 1.18. The normalized spacial score (nSPS) is 19.1. The molecule has 28 heavy (non-hydrogen) atoms. The molecule has 1 unspecified atom stereocenters. The van der Waals surface area contributed by atoms with Crippen LogP contribution >= 0.6 is 0 Å². The van der Waals surface area contributed by atoms with E-state index in [0.29, 0.717) is 11.3 Å². The minimum Gasteiger partial charge on any atom is -0.469 e. The first-order chi connectivity index (χ1) is 13.3. The maximum Gasteiger partial charge on any atom is 0.310 e. The highest BCUT2D eigenvalue weighted by atomic mass is 16.5. The number of anilines is 1. The van der Waals surface area contributed by atoms with Gasteiger partial charge in [-0.25, -0.2) is 0 Å². The summed E-state index contributed by atoms with van der Waals surface area (Å²) in [6.45, 7) is 3.18. The third-order valence-corrected chi connectivity index (χ3v) is 4.73. The molecule has 2 aromatic rings. The smallest absolute Gasteiger partial charge is 0.310 e. The molecule has 0 amide bonds. The molecule has 0 aromatic heterocycles. The monoisotopic (exact) mass is 379 g/mol. The highest BCUT2D eigenvalue weighted by Gasteiger charge is 2.55. The van der Waals surface area contributed by atoms with Crippen molar-refractivity contribution >= 4 is 28.9 Å². The number of carbonyl (C=O) groups excluding carboxylic acids is 3. The predicted octanol–water partition coefficient (Wildman–Crippen LogP) is 2.64. The molecule has 1 aliphatic rings. The number of Topliss-reactive ketones (excluding diaryl/α,β-unsaturated/α-hetero) is 2. The molecular formula is C22H21NO5. The predicted molar refractivity (Wildman–Crippen MR) is 104 cm³/mol. The number of aliphatic hydroxyl groups is 1. The van der Waals surface area contributed by atoms with Gasteiger partial charge in [0.1, 0.15) is 6.42 Å². The molecule has 0 aliphatic carbocycles. The van der Waals surface area contributed by atoms with Crippen molar-refractivity contribution in [1.82, 2.24) is 0 Å². The SMILES string of the molecule is COC(=O)CC1(O)C(=O)C(C(C)=O)=C(c2ccccc2)N1c1ccc(C)cc1. The van der Waals surface area contributed by atoms with Crippen LogP contribution in [-0.2, 0) is 19.1 Å². The quantitative estimate of drug-likeness (QED) is 0.635. The molecular weight excluding hydrogens is 358 g/mol. The molecule has 0 saturated heterocycles. The van der Waals surface area contributed by atoms with Crippen LogP contribution in [0.3, 0.4) is 0 Å². The standard InChI is InChI=1S/C22H21NO5/c1-14-9-11-17(12-10-14)23-20(16-7-5-4-6-8-16)19(15(2)24)21(26)22(23,27)13-18(25)28-3/h4-12,27H,13H2,1-3H3. The van der Waals surface area contributed by atoms with Gasteiger partial charge in [-0.15, -0.1) is 0 Å². The van der Waals surface area contributed by atoms with Gasteiger partial charge in [-0.2, -0.15) is 0 Å². The van der Waals surface area contributed by atoms with E-state index in [9.17, 15) is 19.5 Å². The number of nitrogens with zero attached hydrogens (tertiary/aromatic N) is 1. The van der Waals surface area contributed by atoms with E-state index in [2.05, 4.69) is 4.74 Å². The first-order valence-corrected chi connectivity index (χ1v) is 8.81. The lowest BCUT2D eigenvalue weighted by Crippen LogP contribution is -2.51. The Balaban J connectivity index is 2.29. The molecule has 144 valence electrons. The molecule has 3 rings (SSSR count). The number of rotatable bonds is 5. The van der Waals surface area contributed by atoms with Crippen LogP contribution in [0.5, 0.6) is 0 Å². The fourth-order valence-corrected chi connectivity index (χ4v) is 3.37. The summed E-state index contributed by atoms with van der Waals surface area (Å²) in [5.74, 6) is -2.06. The molecule has 0 fully saturated rings. The van der Waals surface area contributed by atoms with Gasteiger partial charge in [0.25, 0.3) is 0 Å². The van der Waals surface area contributed by atoms with Crippen molar-refractivity contribution in [2.45, 2.75) is 26.0 Å². The molecule has 2 aromatic carbocycles. The number of methoxy groups -OCH3 is 1. The van der Waals surface area contributed by atoms with Gasteiger partial charge in [0.15, 0.2) is 5.78 Å². The molecule has 6 nitrogen and oxygen atoms in total. The fraction of sp³-hybridized carbons (Fsp3) is 0.227. The van der Waals surface area contributed by atoms with Gasteiger partial charge in [-0.05, 0) is 31.5 Å². The molecule has 0 bridgehead atoms. The molecule has 0 radical (unpaired) electrons. The van der Waals surface area contributed by atoms with Crippen LogP contribution in [-0.4, -0.2) is 35.5 Å². The number of benzene rings is 2. The van der Waals surface area contributed by atoms with Gasteiger partial charge in [-0.3, -0.25) is 14.4 Å². The average Bonchev–Trinajstić information content (AvgIpc) is 2.91. The average molecular weight is 379 g/mol. The van der Waals surface area contributed by atoms with Crippen molar-refractivity contribution in [1.29, 1.82) is 0 Å². The zero-order valence-corrected chi connectivity index (χ0v) is 15.9. The Bertz CT molecular complexity index is 962. The zero-order valence-electron chi connectivity index (χ0n) is 15.9. The van der Waals surface area contributed by atoms with Crippen molar-refractivity contribution in [3.8, 4) is 0 Å². The van der Waals surface area contributed by atoms with E-state index >= 15 is 0 Å². The Kier molecular flexibility index (Phi) is 5.16. The molecule has 1 N–H and O–H groups in total. The fourth-order valence-electron chi connectivity index (χ4n) is 3.37. The van der Waals surface area contributed by atoms with Gasteiger partial charge in [-0.1, -0.05) is 48.0 Å². The maximum atomic E-state index is 13.2. The van der Waals surface area contributed by atoms with E-state index in [1.165, 1.54) is 18.9 Å². The largest absolute Gasteiger partial charge is 0.469 e. The van der Waals surface area contributed by atoms with Crippen molar-refractivity contribution in [2.24, 2.45) is 0 Å². The minimum absolute atomic E-state index is 0.141. The lowest BCUT2D eigenvalue weighted by molar-refractivity contribution is -0.151. The topological polar surface area (TPSA) is 83.9 Å². The summed E-state index contributed by atoms with van der Waals surface area (Å²) in [5, 5.41) is 11.4. The molecule has 1 heterocycles. The first-order valence-electron chi connectivity index (χ1n) is 8.81. The third kappa shape index (κ3) is 3.23. The lowest BCUT2D eigenvalue weighted by Gasteiger charge is -2.35. The van der Waals surface area contributed by atoms with E-state index in [0.717, 1.165) is 5.56 Å². The number of esters is 1. The van der Waals surface area contributed by atoms with Crippen LogP contribution in [0.25, 0.3) is 5.70 Å². The third-order valence-electron chi connectivity index (χ3n) is 4.73. The second kappa shape index (κ2) is 7.40. The summed E-state index contributed by atoms with van der Waals surface area (Å²) in [6, 6.07) is 16.0. The minimum atomic E-state index is -2.26. The Hall–Kier alpha value is -3.25. The van der Waals surface area contributed by atoms with Gasteiger partial charge in [0, 0.05) is 5.69 Å². The summed E-state index contributed by atoms with van der Waals surface area (Å²) < 4.78 is 4.68. The van der Waals surface area contributed by atoms with Crippen molar-refractivity contribution in [2.75, 3.05) is 12.0 Å². The molecule has 0 spiro atoms. The number of carbonyl (C=O) groups is 3. The van der Waals surface area contributed by atoms with E-state index in [4.69, 9.17) is 0 Å². The van der Waals surface area contributed by atoms with Crippen LogP contribution in [0.15, 0.2) is 60.2 Å². The summed E-state index contributed by atoms with van der Waals surface area (Å²) in [6.07, 6.45) is -0.608. The molecule has 0 saturated carbocycles. The van der Waals surface area contributed by atoms with Crippen molar-refractivity contribution in [3.05, 3.63) is 71.3 Å². The van der Waals surface area contributed by atoms with E-state index in [1.807, 2.05) is 25.1 Å². The number of ketones is 2. The number of aryl methyl sites for hydroxylation is 1. The van der Waals surface area contributed by atoms with Crippen LogP contribution in [0.4, 0.5) is 5.69 Å². The number of ether oxygens (including phenoxy) is 1. The van der Waals surface area contributed by atoms with Crippen LogP contribution < -0.4 is 4.90 Å². The van der Waals surface area contributed by atoms with Gasteiger partial charge >= 0.3 is 5.97 Å². The van der Waals surface area contributed by atoms with Crippen LogP contribution in [0, 0.1) is 6.92 Å². The van der Waals surface area contributed by atoms with Gasteiger partial charge < -0.3 is 14.7 Å². The van der Waals surface area contributed by atoms with Crippen LogP contribution in [0.1, 0.15) is 24.5 Å². The van der Waals surface area contributed by atoms with Gasteiger partial charge in [0.05, 0.1) is 18.4 Å². The second-order valence-electron chi connectivity index (χ2n) is 6.72. The lowest BCUT2D eigenvalue weighted by atomic mass is 9.98. The Morgan fingerprint density at radius 1 is 1.07 bits per heavy atom. The molecule has 1 atom stereocenters.